The molecular formula is C27H26ClNO4. The molecule has 1 aliphatic heterocycles. The molecule has 0 bridgehead atoms. The number of aryl methyl sites for hydroxylation is 1. The van der Waals surface area contributed by atoms with Gasteiger partial charge < -0.3 is 19.5 Å². The Morgan fingerprint density at radius 3 is 2.67 bits per heavy atom. The molecule has 1 aliphatic rings. The minimum absolute atomic E-state index is 0.109. The monoisotopic (exact) mass is 463 g/mol. The molecule has 6 heteroatoms. The van der Waals surface area contributed by atoms with E-state index in [0.717, 1.165) is 22.3 Å². The Balaban J connectivity index is 1.49. The van der Waals surface area contributed by atoms with Gasteiger partial charge in [0, 0.05) is 36.7 Å². The van der Waals surface area contributed by atoms with E-state index in [4.69, 9.17) is 16.3 Å². The highest BCUT2D eigenvalue weighted by atomic mass is 35.5. The first-order chi connectivity index (χ1) is 15.9. The predicted molar refractivity (Wildman–Crippen MR) is 128 cm³/mol. The van der Waals surface area contributed by atoms with Gasteiger partial charge in [-0.2, -0.15) is 0 Å². The van der Waals surface area contributed by atoms with Crippen molar-refractivity contribution in [3.8, 4) is 11.8 Å². The maximum Gasteiger partial charge on any atom is 0.266 e. The first-order valence-corrected chi connectivity index (χ1v) is 11.3. The molecular weight excluding hydrogens is 438 g/mol. The summed E-state index contributed by atoms with van der Waals surface area (Å²) in [5, 5.41) is 20.2. The Morgan fingerprint density at radius 1 is 1.12 bits per heavy atom. The number of hydrogen-bond donors (Lipinski definition) is 2. The predicted octanol–water partition coefficient (Wildman–Crippen LogP) is 3.60. The summed E-state index contributed by atoms with van der Waals surface area (Å²) in [6.45, 7) is -0.109. The van der Waals surface area contributed by atoms with Gasteiger partial charge in [-0.25, -0.2) is 0 Å². The van der Waals surface area contributed by atoms with Crippen LogP contribution in [0.5, 0.6) is 0 Å². The molecule has 1 saturated heterocycles. The summed E-state index contributed by atoms with van der Waals surface area (Å²) in [4.78, 5) is 12.1. The number of aliphatic hydroxyl groups excluding tert-OH is 2. The van der Waals surface area contributed by atoms with Gasteiger partial charge in [-0.05, 0) is 53.4 Å². The van der Waals surface area contributed by atoms with Crippen LogP contribution in [0.25, 0.3) is 0 Å². The van der Waals surface area contributed by atoms with E-state index in [9.17, 15) is 15.0 Å². The van der Waals surface area contributed by atoms with E-state index in [1.165, 1.54) is 4.57 Å². The molecule has 170 valence electrons. The zero-order valence-electron chi connectivity index (χ0n) is 18.4. The van der Waals surface area contributed by atoms with Crippen LogP contribution in [0.3, 0.4) is 0 Å². The normalized spacial score (nSPS) is 20.2. The summed E-state index contributed by atoms with van der Waals surface area (Å²) in [6, 6.07) is 17.2. The number of rotatable bonds is 4. The number of aromatic nitrogens is 1. The second kappa shape index (κ2) is 10.4. The van der Waals surface area contributed by atoms with Crippen LogP contribution < -0.4 is 5.56 Å². The van der Waals surface area contributed by atoms with Crippen molar-refractivity contribution in [3.63, 3.8) is 0 Å². The number of pyridine rings is 1. The van der Waals surface area contributed by atoms with Crippen molar-refractivity contribution in [1.82, 2.24) is 4.57 Å². The van der Waals surface area contributed by atoms with E-state index < -0.39 is 6.10 Å². The number of halogens is 1. The quantitative estimate of drug-likeness (QED) is 0.580. The molecule has 2 aromatic carbocycles. The number of hydrogen-bond acceptors (Lipinski definition) is 4. The van der Waals surface area contributed by atoms with Crippen molar-refractivity contribution >= 4 is 11.6 Å². The fraction of sp³-hybridized carbons (Fsp3) is 0.296. The van der Waals surface area contributed by atoms with Gasteiger partial charge in [0.05, 0.1) is 30.5 Å². The SMILES string of the molecule is Cn1cccc(C#Cc2ccc(Cc3cc([C@H]4C[C@@H](O)C[C@@H](CO)O4)ccc3Cl)cc2)c1=O. The Labute approximate surface area is 198 Å². The van der Waals surface area contributed by atoms with Crippen LogP contribution in [0, 0.1) is 11.8 Å². The molecule has 5 nitrogen and oxygen atoms in total. The van der Waals surface area contributed by atoms with Crippen LogP contribution in [0.2, 0.25) is 5.02 Å². The molecule has 0 spiro atoms. The van der Waals surface area contributed by atoms with Crippen LogP contribution in [0.4, 0.5) is 0 Å². The largest absolute Gasteiger partial charge is 0.394 e. The molecule has 0 unspecified atom stereocenters. The molecule has 0 amide bonds. The first kappa shape index (κ1) is 23.3. The van der Waals surface area contributed by atoms with E-state index in [-0.39, 0.29) is 24.4 Å². The second-order valence-electron chi connectivity index (χ2n) is 8.37. The van der Waals surface area contributed by atoms with Crippen LogP contribution in [0.15, 0.2) is 65.6 Å². The molecule has 0 saturated carbocycles. The van der Waals surface area contributed by atoms with Crippen molar-refractivity contribution in [2.75, 3.05) is 6.61 Å². The van der Waals surface area contributed by atoms with Gasteiger partial charge >= 0.3 is 0 Å². The average Bonchev–Trinajstić information content (AvgIpc) is 2.82. The summed E-state index contributed by atoms with van der Waals surface area (Å²) < 4.78 is 7.45. The van der Waals surface area contributed by atoms with Crippen LogP contribution in [0.1, 0.15) is 46.8 Å². The smallest absolute Gasteiger partial charge is 0.266 e. The van der Waals surface area contributed by atoms with E-state index in [2.05, 4.69) is 11.8 Å². The molecule has 33 heavy (non-hydrogen) atoms. The highest BCUT2D eigenvalue weighted by Gasteiger charge is 2.29. The molecule has 4 rings (SSSR count). The summed E-state index contributed by atoms with van der Waals surface area (Å²) in [5.41, 5.74) is 4.16. The molecule has 3 atom stereocenters. The number of ether oxygens (including phenoxy) is 1. The summed E-state index contributed by atoms with van der Waals surface area (Å²) in [6.07, 6.45) is 2.16. The number of nitrogens with zero attached hydrogens (tertiary/aromatic N) is 1. The highest BCUT2D eigenvalue weighted by Crippen LogP contribution is 2.33. The Kier molecular flexibility index (Phi) is 7.32. The summed E-state index contributed by atoms with van der Waals surface area (Å²) in [5.74, 6) is 5.99. The Bertz CT molecular complexity index is 1240. The molecule has 2 heterocycles. The van der Waals surface area contributed by atoms with Gasteiger partial charge in [0.1, 0.15) is 0 Å². The number of aliphatic hydroxyl groups is 2. The topological polar surface area (TPSA) is 71.7 Å². The fourth-order valence-corrected chi connectivity index (χ4v) is 4.20. The lowest BCUT2D eigenvalue weighted by atomic mass is 9.94. The molecule has 0 radical (unpaired) electrons. The summed E-state index contributed by atoms with van der Waals surface area (Å²) in [7, 11) is 1.70. The van der Waals surface area contributed by atoms with Crippen molar-refractivity contribution in [2.24, 2.45) is 7.05 Å². The van der Waals surface area contributed by atoms with Gasteiger partial charge in [0.25, 0.3) is 5.56 Å². The van der Waals surface area contributed by atoms with Crippen LogP contribution in [-0.4, -0.2) is 33.6 Å². The molecule has 3 aromatic rings. The Hall–Kier alpha value is -2.88. The lowest BCUT2D eigenvalue weighted by Gasteiger charge is -2.32. The van der Waals surface area contributed by atoms with E-state index in [0.29, 0.717) is 29.8 Å². The van der Waals surface area contributed by atoms with Gasteiger partial charge in [-0.1, -0.05) is 47.7 Å². The maximum atomic E-state index is 12.1. The van der Waals surface area contributed by atoms with Crippen LogP contribution in [-0.2, 0) is 18.2 Å². The average molecular weight is 464 g/mol. The minimum Gasteiger partial charge on any atom is -0.394 e. The van der Waals surface area contributed by atoms with Crippen molar-refractivity contribution < 1.29 is 14.9 Å². The van der Waals surface area contributed by atoms with Crippen molar-refractivity contribution in [3.05, 3.63) is 104 Å². The third-order valence-corrected chi connectivity index (χ3v) is 6.21. The van der Waals surface area contributed by atoms with Gasteiger partial charge in [0.2, 0.25) is 0 Å². The zero-order valence-corrected chi connectivity index (χ0v) is 19.1. The lowest BCUT2D eigenvalue weighted by molar-refractivity contribution is -0.113. The van der Waals surface area contributed by atoms with Gasteiger partial charge in [-0.15, -0.1) is 0 Å². The highest BCUT2D eigenvalue weighted by molar-refractivity contribution is 6.31. The zero-order chi connectivity index (χ0) is 23.4. The third-order valence-electron chi connectivity index (χ3n) is 5.84. The third kappa shape index (κ3) is 5.73. The standard InChI is InChI=1S/C27H26ClNO4/c1-29-12-2-3-20(27(29)32)9-8-18-4-6-19(7-5-18)13-22-14-21(10-11-25(22)28)26-16-23(31)15-24(17-30)33-26/h2-7,10-12,14,23-24,26,30-31H,13,15-17H2,1H3/t23-,24-,26+/m0/s1. The molecule has 0 aliphatic carbocycles. The molecule has 2 N–H and O–H groups in total. The van der Waals surface area contributed by atoms with Gasteiger partial charge in [0.15, 0.2) is 0 Å². The molecule has 1 fully saturated rings. The van der Waals surface area contributed by atoms with E-state index >= 15 is 0 Å². The van der Waals surface area contributed by atoms with Crippen molar-refractivity contribution in [2.45, 2.75) is 37.6 Å². The second-order valence-corrected chi connectivity index (χ2v) is 8.77. The van der Waals surface area contributed by atoms with Crippen molar-refractivity contribution in [1.29, 1.82) is 0 Å². The molecule has 1 aromatic heterocycles. The first-order valence-electron chi connectivity index (χ1n) is 10.9. The fourth-order valence-electron chi connectivity index (χ4n) is 4.01. The minimum atomic E-state index is -0.496. The van der Waals surface area contributed by atoms with E-state index in [1.807, 2.05) is 42.5 Å². The number of benzene rings is 2. The van der Waals surface area contributed by atoms with Gasteiger partial charge in [-0.3, -0.25) is 4.79 Å². The Morgan fingerprint density at radius 2 is 1.91 bits per heavy atom. The lowest BCUT2D eigenvalue weighted by Crippen LogP contribution is -2.33. The van der Waals surface area contributed by atoms with E-state index in [1.54, 1.807) is 25.4 Å². The van der Waals surface area contributed by atoms with Crippen LogP contribution >= 0.6 is 11.6 Å². The summed E-state index contributed by atoms with van der Waals surface area (Å²) >= 11 is 6.46. The maximum absolute atomic E-state index is 12.1.